The van der Waals surface area contributed by atoms with Gasteiger partial charge in [0.2, 0.25) is 0 Å². The SMILES string of the molecule is C#CC(NCCC)C1COc2ccccc2C1. The fourth-order valence-electron chi connectivity index (χ4n) is 2.23. The van der Waals surface area contributed by atoms with Crippen LogP contribution in [0.5, 0.6) is 5.75 Å². The molecule has 2 rings (SSSR count). The molecule has 0 amide bonds. The molecule has 2 nitrogen and oxygen atoms in total. The van der Waals surface area contributed by atoms with Crippen LogP contribution in [0.15, 0.2) is 24.3 Å². The molecule has 2 unspecified atom stereocenters. The first-order valence-corrected chi connectivity index (χ1v) is 6.25. The van der Waals surface area contributed by atoms with Crippen LogP contribution in [-0.4, -0.2) is 19.2 Å². The zero-order valence-electron chi connectivity index (χ0n) is 10.3. The van der Waals surface area contributed by atoms with E-state index in [1.165, 1.54) is 5.56 Å². The highest BCUT2D eigenvalue weighted by Crippen LogP contribution is 2.28. The lowest BCUT2D eigenvalue weighted by atomic mass is 9.90. The third-order valence-corrected chi connectivity index (χ3v) is 3.17. The molecule has 0 fully saturated rings. The van der Waals surface area contributed by atoms with Gasteiger partial charge in [-0.05, 0) is 31.0 Å². The van der Waals surface area contributed by atoms with E-state index in [2.05, 4.69) is 30.3 Å². The van der Waals surface area contributed by atoms with Crippen LogP contribution < -0.4 is 10.1 Å². The topological polar surface area (TPSA) is 21.3 Å². The summed E-state index contributed by atoms with van der Waals surface area (Å²) in [7, 11) is 0. The number of ether oxygens (including phenoxy) is 1. The van der Waals surface area contributed by atoms with Gasteiger partial charge in [-0.3, -0.25) is 0 Å². The number of rotatable bonds is 4. The minimum absolute atomic E-state index is 0.114. The van der Waals surface area contributed by atoms with E-state index in [-0.39, 0.29) is 6.04 Å². The lowest BCUT2D eigenvalue weighted by Gasteiger charge is -2.29. The molecule has 0 aromatic heterocycles. The molecular formula is C15H19NO. The molecular weight excluding hydrogens is 210 g/mol. The Morgan fingerprint density at radius 1 is 1.53 bits per heavy atom. The zero-order valence-corrected chi connectivity index (χ0v) is 10.3. The maximum atomic E-state index is 5.76. The third-order valence-electron chi connectivity index (χ3n) is 3.17. The summed E-state index contributed by atoms with van der Waals surface area (Å²) in [6.07, 6.45) is 7.70. The highest BCUT2D eigenvalue weighted by Gasteiger charge is 2.25. The molecule has 2 atom stereocenters. The Kier molecular flexibility index (Phi) is 4.06. The molecule has 0 bridgehead atoms. The van der Waals surface area contributed by atoms with Crippen LogP contribution in [0.2, 0.25) is 0 Å². The van der Waals surface area contributed by atoms with Gasteiger partial charge in [0.05, 0.1) is 12.6 Å². The van der Waals surface area contributed by atoms with E-state index in [0.29, 0.717) is 12.5 Å². The first-order valence-electron chi connectivity index (χ1n) is 6.25. The molecule has 1 aliphatic heterocycles. The summed E-state index contributed by atoms with van der Waals surface area (Å²) in [5, 5.41) is 3.40. The summed E-state index contributed by atoms with van der Waals surface area (Å²) in [5.74, 6) is 4.23. The predicted octanol–water partition coefficient (Wildman–Crippen LogP) is 2.24. The van der Waals surface area contributed by atoms with Crippen molar-refractivity contribution in [1.82, 2.24) is 5.32 Å². The van der Waals surface area contributed by atoms with Gasteiger partial charge >= 0.3 is 0 Å². The summed E-state index contributed by atoms with van der Waals surface area (Å²) >= 11 is 0. The van der Waals surface area contributed by atoms with E-state index in [1.807, 2.05) is 12.1 Å². The molecule has 0 saturated heterocycles. The minimum Gasteiger partial charge on any atom is -0.493 e. The Morgan fingerprint density at radius 3 is 3.12 bits per heavy atom. The first-order chi connectivity index (χ1) is 8.35. The summed E-state index contributed by atoms with van der Waals surface area (Å²) in [4.78, 5) is 0. The van der Waals surface area contributed by atoms with Gasteiger partial charge in [-0.1, -0.05) is 31.0 Å². The molecule has 0 aliphatic carbocycles. The maximum Gasteiger partial charge on any atom is 0.122 e. The fraction of sp³-hybridized carbons (Fsp3) is 0.467. The summed E-state index contributed by atoms with van der Waals surface area (Å²) < 4.78 is 5.76. The van der Waals surface area contributed by atoms with Crippen molar-refractivity contribution in [3.8, 4) is 18.1 Å². The van der Waals surface area contributed by atoms with Gasteiger partial charge in [0.1, 0.15) is 5.75 Å². The molecule has 90 valence electrons. The van der Waals surface area contributed by atoms with Crippen molar-refractivity contribution < 1.29 is 4.74 Å². The number of nitrogens with one attached hydrogen (secondary N) is 1. The average molecular weight is 229 g/mol. The smallest absolute Gasteiger partial charge is 0.122 e. The zero-order chi connectivity index (χ0) is 12.1. The second kappa shape index (κ2) is 5.75. The minimum atomic E-state index is 0.114. The molecule has 17 heavy (non-hydrogen) atoms. The van der Waals surface area contributed by atoms with Gasteiger partial charge in [-0.2, -0.15) is 0 Å². The molecule has 0 spiro atoms. The van der Waals surface area contributed by atoms with E-state index in [4.69, 9.17) is 11.2 Å². The molecule has 1 heterocycles. The normalized spacial score (nSPS) is 19.9. The lowest BCUT2D eigenvalue weighted by molar-refractivity contribution is 0.202. The highest BCUT2D eigenvalue weighted by molar-refractivity contribution is 5.35. The van der Waals surface area contributed by atoms with Crippen LogP contribution in [0.1, 0.15) is 18.9 Å². The number of benzene rings is 1. The third kappa shape index (κ3) is 2.81. The van der Waals surface area contributed by atoms with Gasteiger partial charge in [-0.15, -0.1) is 6.42 Å². The van der Waals surface area contributed by atoms with Crippen molar-refractivity contribution in [3.05, 3.63) is 29.8 Å². The Labute approximate surface area is 103 Å². The van der Waals surface area contributed by atoms with Crippen molar-refractivity contribution in [2.24, 2.45) is 5.92 Å². The molecule has 1 aromatic rings. The Hall–Kier alpha value is -1.46. The van der Waals surface area contributed by atoms with Crippen LogP contribution >= 0.6 is 0 Å². The molecule has 0 saturated carbocycles. The average Bonchev–Trinajstić information content (AvgIpc) is 2.39. The van der Waals surface area contributed by atoms with Gasteiger partial charge < -0.3 is 10.1 Å². The van der Waals surface area contributed by atoms with E-state index in [0.717, 1.165) is 25.1 Å². The highest BCUT2D eigenvalue weighted by atomic mass is 16.5. The molecule has 1 N–H and O–H groups in total. The largest absolute Gasteiger partial charge is 0.493 e. The van der Waals surface area contributed by atoms with Gasteiger partial charge in [-0.25, -0.2) is 0 Å². The standard InChI is InChI=1S/C15H19NO/c1-3-9-16-14(4-2)13-10-12-7-5-6-8-15(12)17-11-13/h2,5-8,13-14,16H,3,9-11H2,1H3. The van der Waals surface area contributed by atoms with E-state index in [9.17, 15) is 0 Å². The van der Waals surface area contributed by atoms with Crippen LogP contribution in [0.4, 0.5) is 0 Å². The van der Waals surface area contributed by atoms with Crippen molar-refractivity contribution in [2.45, 2.75) is 25.8 Å². The van der Waals surface area contributed by atoms with Crippen LogP contribution in [-0.2, 0) is 6.42 Å². The Bertz CT molecular complexity index is 408. The van der Waals surface area contributed by atoms with Gasteiger partial charge in [0.25, 0.3) is 0 Å². The predicted molar refractivity (Wildman–Crippen MR) is 70.0 cm³/mol. The number of para-hydroxylation sites is 1. The van der Waals surface area contributed by atoms with Gasteiger partial charge in [0, 0.05) is 5.92 Å². The Morgan fingerprint density at radius 2 is 2.35 bits per heavy atom. The van der Waals surface area contributed by atoms with E-state index < -0.39 is 0 Å². The molecule has 1 aromatic carbocycles. The van der Waals surface area contributed by atoms with Crippen molar-refractivity contribution >= 4 is 0 Å². The van der Waals surface area contributed by atoms with Crippen molar-refractivity contribution in [1.29, 1.82) is 0 Å². The molecule has 2 heteroatoms. The number of terminal acetylenes is 1. The van der Waals surface area contributed by atoms with E-state index in [1.54, 1.807) is 0 Å². The second-order valence-electron chi connectivity index (χ2n) is 4.48. The van der Waals surface area contributed by atoms with E-state index >= 15 is 0 Å². The number of hydrogen-bond donors (Lipinski definition) is 1. The molecule has 0 radical (unpaired) electrons. The summed E-state index contributed by atoms with van der Waals surface area (Å²) in [6.45, 7) is 3.82. The van der Waals surface area contributed by atoms with Crippen molar-refractivity contribution in [2.75, 3.05) is 13.2 Å². The summed E-state index contributed by atoms with van der Waals surface area (Å²) in [5.41, 5.74) is 1.27. The second-order valence-corrected chi connectivity index (χ2v) is 4.48. The fourth-order valence-corrected chi connectivity index (χ4v) is 2.23. The lowest BCUT2D eigenvalue weighted by Crippen LogP contribution is -2.41. The Balaban J connectivity index is 2.03. The molecule has 1 aliphatic rings. The maximum absolute atomic E-state index is 5.76. The van der Waals surface area contributed by atoms with Crippen LogP contribution in [0, 0.1) is 18.3 Å². The van der Waals surface area contributed by atoms with Crippen LogP contribution in [0.25, 0.3) is 0 Å². The number of hydrogen-bond acceptors (Lipinski definition) is 2. The summed E-state index contributed by atoms with van der Waals surface area (Å²) in [6, 6.07) is 8.32. The van der Waals surface area contributed by atoms with Gasteiger partial charge in [0.15, 0.2) is 0 Å². The quantitative estimate of drug-likeness (QED) is 0.799. The number of fused-ring (bicyclic) bond motifs is 1. The monoisotopic (exact) mass is 229 g/mol. The van der Waals surface area contributed by atoms with Crippen LogP contribution in [0.3, 0.4) is 0 Å². The first kappa shape index (κ1) is 12.0. The van der Waals surface area contributed by atoms with Crippen molar-refractivity contribution in [3.63, 3.8) is 0 Å².